The third-order valence-corrected chi connectivity index (χ3v) is 4.08. The van der Waals surface area contributed by atoms with Gasteiger partial charge in [0.25, 0.3) is 0 Å². The van der Waals surface area contributed by atoms with Gasteiger partial charge in [-0.25, -0.2) is 9.97 Å². The van der Waals surface area contributed by atoms with E-state index in [0.29, 0.717) is 11.9 Å². The van der Waals surface area contributed by atoms with Crippen molar-refractivity contribution in [3.8, 4) is 0 Å². The first-order valence-electron chi connectivity index (χ1n) is 5.77. The van der Waals surface area contributed by atoms with Gasteiger partial charge in [-0.2, -0.15) is 0 Å². The van der Waals surface area contributed by atoms with Crippen LogP contribution in [0.5, 0.6) is 0 Å². The number of alkyl halides is 1. The van der Waals surface area contributed by atoms with Gasteiger partial charge in [-0.05, 0) is 40.8 Å². The van der Waals surface area contributed by atoms with E-state index in [9.17, 15) is 0 Å². The zero-order valence-electron chi connectivity index (χ0n) is 9.53. The molecule has 0 aliphatic heterocycles. The maximum absolute atomic E-state index is 5.98. The molecular weight excluding hydrogens is 302 g/mol. The molecule has 2 heterocycles. The van der Waals surface area contributed by atoms with E-state index in [2.05, 4.69) is 37.4 Å². The molecule has 1 fully saturated rings. The average Bonchev–Trinajstić information content (AvgIpc) is 2.62. The van der Waals surface area contributed by atoms with Crippen LogP contribution >= 0.6 is 27.5 Å². The summed E-state index contributed by atoms with van der Waals surface area (Å²) < 4.78 is 3.17. The number of imidazole rings is 1. The number of rotatable bonds is 2. The van der Waals surface area contributed by atoms with E-state index in [4.69, 9.17) is 11.6 Å². The van der Waals surface area contributed by atoms with Crippen LogP contribution in [-0.2, 0) is 5.88 Å². The van der Waals surface area contributed by atoms with Crippen LogP contribution in [0.1, 0.15) is 31.6 Å². The molecule has 0 unspecified atom stereocenters. The molecule has 90 valence electrons. The quantitative estimate of drug-likeness (QED) is 0.787. The SMILES string of the molecule is CC1CC(n2c(CCl)nc3cc(Br)cnc32)C1. The van der Waals surface area contributed by atoms with Gasteiger partial charge in [-0.15, -0.1) is 11.6 Å². The lowest BCUT2D eigenvalue weighted by molar-refractivity contribution is 0.217. The van der Waals surface area contributed by atoms with Gasteiger partial charge in [0.05, 0.1) is 5.88 Å². The molecule has 5 heteroatoms. The first-order chi connectivity index (χ1) is 8.19. The molecule has 0 saturated heterocycles. The van der Waals surface area contributed by atoms with Gasteiger partial charge in [-0.3, -0.25) is 0 Å². The molecule has 1 saturated carbocycles. The number of fused-ring (bicyclic) bond motifs is 1. The van der Waals surface area contributed by atoms with Crippen LogP contribution in [0, 0.1) is 5.92 Å². The van der Waals surface area contributed by atoms with Gasteiger partial charge in [-0.1, -0.05) is 6.92 Å². The fourth-order valence-corrected chi connectivity index (χ4v) is 3.06. The van der Waals surface area contributed by atoms with Crippen LogP contribution < -0.4 is 0 Å². The molecule has 0 N–H and O–H groups in total. The molecule has 1 aliphatic carbocycles. The number of pyridine rings is 1. The van der Waals surface area contributed by atoms with Crippen LogP contribution in [0.4, 0.5) is 0 Å². The van der Waals surface area contributed by atoms with Crippen molar-refractivity contribution in [3.63, 3.8) is 0 Å². The fraction of sp³-hybridized carbons (Fsp3) is 0.500. The van der Waals surface area contributed by atoms with Gasteiger partial charge in [0.15, 0.2) is 5.65 Å². The molecule has 3 nitrogen and oxygen atoms in total. The van der Waals surface area contributed by atoms with Crippen molar-refractivity contribution in [3.05, 3.63) is 22.6 Å². The van der Waals surface area contributed by atoms with Crippen molar-refractivity contribution < 1.29 is 0 Å². The van der Waals surface area contributed by atoms with E-state index in [0.717, 1.165) is 27.4 Å². The predicted molar refractivity (Wildman–Crippen MR) is 72.2 cm³/mol. The Kier molecular flexibility index (Phi) is 2.87. The van der Waals surface area contributed by atoms with Gasteiger partial charge < -0.3 is 4.57 Å². The highest BCUT2D eigenvalue weighted by molar-refractivity contribution is 9.10. The summed E-state index contributed by atoms with van der Waals surface area (Å²) in [6.07, 6.45) is 4.22. The minimum absolute atomic E-state index is 0.443. The molecular formula is C12H13BrClN3. The van der Waals surface area contributed by atoms with Gasteiger partial charge in [0, 0.05) is 16.7 Å². The third kappa shape index (κ3) is 1.87. The molecule has 0 spiro atoms. The third-order valence-electron chi connectivity index (χ3n) is 3.40. The molecule has 0 radical (unpaired) electrons. The maximum atomic E-state index is 5.98. The lowest BCUT2D eigenvalue weighted by atomic mass is 9.81. The highest BCUT2D eigenvalue weighted by Crippen LogP contribution is 2.40. The summed E-state index contributed by atoms with van der Waals surface area (Å²) in [5.74, 6) is 2.18. The Hall–Kier alpha value is -0.610. The molecule has 0 atom stereocenters. The summed E-state index contributed by atoms with van der Waals surface area (Å²) in [6, 6.07) is 2.52. The Morgan fingerprint density at radius 3 is 2.94 bits per heavy atom. The van der Waals surface area contributed by atoms with Crippen molar-refractivity contribution in [1.82, 2.24) is 14.5 Å². The number of hydrogen-bond acceptors (Lipinski definition) is 2. The summed E-state index contributed by atoms with van der Waals surface area (Å²) in [7, 11) is 0. The van der Waals surface area contributed by atoms with Crippen LogP contribution in [-0.4, -0.2) is 14.5 Å². The summed E-state index contributed by atoms with van der Waals surface area (Å²) >= 11 is 9.40. The first kappa shape index (κ1) is 11.5. The summed E-state index contributed by atoms with van der Waals surface area (Å²) in [4.78, 5) is 9.03. The summed E-state index contributed by atoms with van der Waals surface area (Å²) in [6.45, 7) is 2.28. The van der Waals surface area contributed by atoms with Gasteiger partial charge in [0.2, 0.25) is 0 Å². The van der Waals surface area contributed by atoms with Crippen molar-refractivity contribution >= 4 is 38.7 Å². The van der Waals surface area contributed by atoms with Crippen molar-refractivity contribution in [1.29, 1.82) is 0 Å². The van der Waals surface area contributed by atoms with E-state index in [1.807, 2.05) is 12.3 Å². The highest BCUT2D eigenvalue weighted by Gasteiger charge is 2.30. The summed E-state index contributed by atoms with van der Waals surface area (Å²) in [5, 5.41) is 0. The lowest BCUT2D eigenvalue weighted by Crippen LogP contribution is -2.26. The van der Waals surface area contributed by atoms with Gasteiger partial charge >= 0.3 is 0 Å². The Balaban J connectivity index is 2.13. The monoisotopic (exact) mass is 313 g/mol. The topological polar surface area (TPSA) is 30.7 Å². The number of halogens is 2. The van der Waals surface area contributed by atoms with E-state index in [1.54, 1.807) is 0 Å². The smallest absolute Gasteiger partial charge is 0.160 e. The number of hydrogen-bond donors (Lipinski definition) is 0. The molecule has 0 amide bonds. The second kappa shape index (κ2) is 4.25. The molecule has 2 aromatic rings. The molecule has 17 heavy (non-hydrogen) atoms. The first-order valence-corrected chi connectivity index (χ1v) is 7.10. The molecule has 1 aliphatic rings. The van der Waals surface area contributed by atoms with Crippen LogP contribution in [0.3, 0.4) is 0 Å². The summed E-state index contributed by atoms with van der Waals surface area (Å²) in [5.41, 5.74) is 1.88. The normalized spacial score (nSPS) is 23.9. The van der Waals surface area contributed by atoms with Gasteiger partial charge in [0.1, 0.15) is 11.3 Å². The largest absolute Gasteiger partial charge is 0.309 e. The second-order valence-corrected chi connectivity index (χ2v) is 5.94. The Morgan fingerprint density at radius 2 is 2.29 bits per heavy atom. The maximum Gasteiger partial charge on any atom is 0.160 e. The van der Waals surface area contributed by atoms with Crippen molar-refractivity contribution in [2.45, 2.75) is 31.7 Å². The van der Waals surface area contributed by atoms with E-state index in [1.165, 1.54) is 12.8 Å². The van der Waals surface area contributed by atoms with E-state index >= 15 is 0 Å². The molecule has 3 rings (SSSR count). The van der Waals surface area contributed by atoms with Crippen LogP contribution in [0.15, 0.2) is 16.7 Å². The standard InChI is InChI=1S/C12H13BrClN3/c1-7-2-9(3-7)17-11(5-14)16-10-4-8(13)6-15-12(10)17/h4,6-7,9H,2-3,5H2,1H3. The second-order valence-electron chi connectivity index (χ2n) is 4.76. The van der Waals surface area contributed by atoms with E-state index < -0.39 is 0 Å². The Morgan fingerprint density at radius 1 is 1.53 bits per heavy atom. The molecule has 0 aromatic carbocycles. The zero-order valence-corrected chi connectivity index (χ0v) is 11.9. The minimum atomic E-state index is 0.443. The van der Waals surface area contributed by atoms with Crippen molar-refractivity contribution in [2.75, 3.05) is 0 Å². The predicted octanol–water partition coefficient (Wildman–Crippen LogP) is 3.90. The zero-order chi connectivity index (χ0) is 12.0. The fourth-order valence-electron chi connectivity index (χ4n) is 2.55. The number of aromatic nitrogens is 3. The number of nitrogens with zero attached hydrogens (tertiary/aromatic N) is 3. The Bertz CT molecular complexity index is 560. The van der Waals surface area contributed by atoms with E-state index in [-0.39, 0.29) is 0 Å². The Labute approximate surface area is 113 Å². The highest BCUT2D eigenvalue weighted by atomic mass is 79.9. The average molecular weight is 315 g/mol. The molecule has 0 bridgehead atoms. The van der Waals surface area contributed by atoms with Crippen LogP contribution in [0.25, 0.3) is 11.2 Å². The molecule has 2 aromatic heterocycles. The van der Waals surface area contributed by atoms with Crippen LogP contribution in [0.2, 0.25) is 0 Å². The minimum Gasteiger partial charge on any atom is -0.309 e. The lowest BCUT2D eigenvalue weighted by Gasteiger charge is -2.34. The van der Waals surface area contributed by atoms with Crippen molar-refractivity contribution in [2.24, 2.45) is 5.92 Å².